The second kappa shape index (κ2) is 8.50. The molecule has 0 aromatic heterocycles. The molecule has 4 nitrogen and oxygen atoms in total. The quantitative estimate of drug-likeness (QED) is 0.432. The molecule has 0 fully saturated rings. The number of nitrogens with one attached hydrogen (secondary N) is 1. The zero-order chi connectivity index (χ0) is 21.0. The van der Waals surface area contributed by atoms with Crippen LogP contribution in [0, 0.1) is 0 Å². The van der Waals surface area contributed by atoms with Gasteiger partial charge in [0.1, 0.15) is 0 Å². The SMILES string of the molecule is CN(C)CCCNS(=O)(=O)CCC(F)(F)CC(F)(C(F)(F)F)C(F)(F)F. The summed E-state index contributed by atoms with van der Waals surface area (Å²) in [4.78, 5) is 1.69. The van der Waals surface area contributed by atoms with Gasteiger partial charge in [-0.05, 0) is 27.1 Å². The van der Waals surface area contributed by atoms with E-state index in [0.717, 1.165) is 0 Å². The van der Waals surface area contributed by atoms with Gasteiger partial charge in [-0.1, -0.05) is 0 Å². The van der Waals surface area contributed by atoms with Crippen LogP contribution in [0.5, 0.6) is 0 Å². The first-order chi connectivity index (χ1) is 11.3. The van der Waals surface area contributed by atoms with E-state index in [4.69, 9.17) is 0 Å². The summed E-state index contributed by atoms with van der Waals surface area (Å²) in [7, 11) is -1.01. The van der Waals surface area contributed by atoms with Crippen molar-refractivity contribution in [2.45, 2.75) is 43.2 Å². The van der Waals surface area contributed by atoms with E-state index in [1.807, 2.05) is 4.72 Å². The topological polar surface area (TPSA) is 49.4 Å². The average Bonchev–Trinajstić information content (AvgIpc) is 2.39. The molecule has 0 saturated carbocycles. The summed E-state index contributed by atoms with van der Waals surface area (Å²) < 4.78 is 139. The number of rotatable bonds is 10. The highest BCUT2D eigenvalue weighted by Crippen LogP contribution is 2.51. The normalized spacial score (nSPS) is 14.9. The smallest absolute Gasteiger partial charge is 0.309 e. The minimum Gasteiger partial charge on any atom is -0.309 e. The highest BCUT2D eigenvalue weighted by Gasteiger charge is 2.74. The molecule has 0 heterocycles. The molecule has 0 aromatic rings. The maximum Gasteiger partial charge on any atom is 0.431 e. The maximum atomic E-state index is 13.5. The Morgan fingerprint density at radius 1 is 0.885 bits per heavy atom. The Hall–Kier alpha value is -0.760. The lowest BCUT2D eigenvalue weighted by atomic mass is 9.94. The van der Waals surface area contributed by atoms with Gasteiger partial charge in [0.2, 0.25) is 10.0 Å². The summed E-state index contributed by atoms with van der Waals surface area (Å²) >= 11 is 0. The molecule has 0 saturated heterocycles. The zero-order valence-electron chi connectivity index (χ0n) is 13.8. The number of nitrogens with zero attached hydrogens (tertiary/aromatic N) is 1. The van der Waals surface area contributed by atoms with Crippen molar-refractivity contribution < 1.29 is 47.9 Å². The third kappa shape index (κ3) is 7.86. The van der Waals surface area contributed by atoms with Gasteiger partial charge in [0.25, 0.3) is 5.92 Å². The fraction of sp³-hybridized carbons (Fsp3) is 1.00. The molecule has 0 radical (unpaired) electrons. The molecule has 0 aromatic carbocycles. The van der Waals surface area contributed by atoms with E-state index in [1.165, 1.54) is 0 Å². The van der Waals surface area contributed by atoms with Gasteiger partial charge in [-0.2, -0.15) is 26.3 Å². The van der Waals surface area contributed by atoms with Gasteiger partial charge in [-0.3, -0.25) is 0 Å². The van der Waals surface area contributed by atoms with Crippen molar-refractivity contribution in [2.75, 3.05) is 32.9 Å². The first kappa shape index (κ1) is 25.2. The Morgan fingerprint density at radius 3 is 1.73 bits per heavy atom. The van der Waals surface area contributed by atoms with Gasteiger partial charge in [0.05, 0.1) is 12.2 Å². The first-order valence-electron chi connectivity index (χ1n) is 7.15. The average molecular weight is 426 g/mol. The summed E-state index contributed by atoms with van der Waals surface area (Å²) in [6.45, 7) is 0.282. The van der Waals surface area contributed by atoms with Gasteiger partial charge in [0, 0.05) is 13.0 Å². The Morgan fingerprint density at radius 2 is 1.35 bits per heavy atom. The van der Waals surface area contributed by atoms with Gasteiger partial charge in [0.15, 0.2) is 0 Å². The van der Waals surface area contributed by atoms with Crippen LogP contribution in [-0.4, -0.2) is 70.2 Å². The molecular formula is C12H19F9N2O2S. The van der Waals surface area contributed by atoms with Crippen molar-refractivity contribution in [3.63, 3.8) is 0 Å². The van der Waals surface area contributed by atoms with E-state index in [2.05, 4.69) is 0 Å². The van der Waals surface area contributed by atoms with Crippen molar-refractivity contribution in [1.82, 2.24) is 9.62 Å². The molecule has 0 aliphatic carbocycles. The van der Waals surface area contributed by atoms with E-state index in [9.17, 15) is 47.9 Å². The summed E-state index contributed by atoms with van der Waals surface area (Å²) in [6, 6.07) is 0. The zero-order valence-corrected chi connectivity index (χ0v) is 14.6. The molecule has 0 unspecified atom stereocenters. The Labute approximate surface area is 144 Å². The van der Waals surface area contributed by atoms with Gasteiger partial charge in [-0.25, -0.2) is 26.3 Å². The predicted molar refractivity (Wildman–Crippen MR) is 75.1 cm³/mol. The Kier molecular flexibility index (Phi) is 8.25. The summed E-state index contributed by atoms with van der Waals surface area (Å²) in [5, 5.41) is 0. The second-order valence-electron chi connectivity index (χ2n) is 5.95. The molecule has 0 atom stereocenters. The van der Waals surface area contributed by atoms with Crippen LogP contribution in [0.25, 0.3) is 0 Å². The third-order valence-corrected chi connectivity index (χ3v) is 4.63. The molecule has 14 heteroatoms. The monoisotopic (exact) mass is 426 g/mol. The van der Waals surface area contributed by atoms with E-state index in [1.54, 1.807) is 19.0 Å². The van der Waals surface area contributed by atoms with Crippen LogP contribution >= 0.6 is 0 Å². The van der Waals surface area contributed by atoms with E-state index >= 15 is 0 Å². The van der Waals surface area contributed by atoms with E-state index in [0.29, 0.717) is 13.0 Å². The number of hydrogen-bond donors (Lipinski definition) is 1. The lowest BCUT2D eigenvalue weighted by Gasteiger charge is -2.32. The van der Waals surface area contributed by atoms with Crippen LogP contribution < -0.4 is 4.72 Å². The molecule has 0 rings (SSSR count). The fourth-order valence-corrected chi connectivity index (χ4v) is 2.95. The standard InChI is InChI=1S/C12H19F9N2O2S/c1-23(2)6-3-5-22-26(24,25)7-4-9(13,14)8-10(15,11(16,17)18)12(19,20)21/h22H,3-8H2,1-2H3. The maximum absolute atomic E-state index is 13.5. The van der Waals surface area contributed by atoms with E-state index < -0.39 is 52.6 Å². The van der Waals surface area contributed by atoms with Crippen LogP contribution in [0.4, 0.5) is 39.5 Å². The van der Waals surface area contributed by atoms with Gasteiger partial charge < -0.3 is 4.90 Å². The minimum atomic E-state index is -6.63. The van der Waals surface area contributed by atoms with Gasteiger partial charge in [-0.15, -0.1) is 0 Å². The van der Waals surface area contributed by atoms with Crippen molar-refractivity contribution in [1.29, 1.82) is 0 Å². The second-order valence-corrected chi connectivity index (χ2v) is 7.88. The van der Waals surface area contributed by atoms with Crippen molar-refractivity contribution >= 4 is 10.0 Å². The number of alkyl halides is 9. The molecule has 0 spiro atoms. The molecule has 26 heavy (non-hydrogen) atoms. The molecule has 0 aliphatic rings. The van der Waals surface area contributed by atoms with Crippen LogP contribution in [0.15, 0.2) is 0 Å². The summed E-state index contributed by atoms with van der Waals surface area (Å²) in [6.07, 6.45) is -18.1. The molecule has 1 N–H and O–H groups in total. The van der Waals surface area contributed by atoms with Crippen molar-refractivity contribution in [2.24, 2.45) is 0 Å². The Balaban J connectivity index is 4.92. The van der Waals surface area contributed by atoms with Crippen molar-refractivity contribution in [3.8, 4) is 0 Å². The predicted octanol–water partition coefficient (Wildman–Crippen LogP) is 3.11. The third-order valence-electron chi connectivity index (χ3n) is 3.24. The van der Waals surface area contributed by atoms with Gasteiger partial charge >= 0.3 is 18.0 Å². The molecule has 158 valence electrons. The van der Waals surface area contributed by atoms with Crippen LogP contribution in [0.3, 0.4) is 0 Å². The number of halogens is 9. The fourth-order valence-electron chi connectivity index (χ4n) is 1.78. The largest absolute Gasteiger partial charge is 0.431 e. The molecule has 0 amide bonds. The van der Waals surface area contributed by atoms with Crippen LogP contribution in [-0.2, 0) is 10.0 Å². The molecule has 0 bridgehead atoms. The summed E-state index contributed by atoms with van der Waals surface area (Å²) in [5.74, 6) is -6.30. The number of sulfonamides is 1. The highest BCUT2D eigenvalue weighted by atomic mass is 32.2. The minimum absolute atomic E-state index is 0.162. The first-order valence-corrected chi connectivity index (χ1v) is 8.80. The van der Waals surface area contributed by atoms with Crippen LogP contribution in [0.2, 0.25) is 0 Å². The Bertz CT molecular complexity index is 530. The molecular weight excluding hydrogens is 407 g/mol. The van der Waals surface area contributed by atoms with Crippen molar-refractivity contribution in [3.05, 3.63) is 0 Å². The summed E-state index contributed by atoms with van der Waals surface area (Å²) in [5.41, 5.74) is -6.15. The lowest BCUT2D eigenvalue weighted by molar-refractivity contribution is -0.354. The number of hydrogen-bond acceptors (Lipinski definition) is 3. The molecule has 0 aliphatic heterocycles. The highest BCUT2D eigenvalue weighted by molar-refractivity contribution is 7.89. The van der Waals surface area contributed by atoms with Crippen LogP contribution in [0.1, 0.15) is 19.3 Å². The van der Waals surface area contributed by atoms with E-state index in [-0.39, 0.29) is 6.54 Å². The lowest BCUT2D eigenvalue weighted by Crippen LogP contribution is -2.56.